The normalized spacial score (nSPS) is 15.8. The lowest BCUT2D eigenvalue weighted by Gasteiger charge is -2.30. The molecule has 0 spiro atoms. The molecule has 106 valence electrons. The van der Waals surface area contributed by atoms with Crippen LogP contribution >= 0.6 is 0 Å². The molecule has 0 radical (unpaired) electrons. The summed E-state index contributed by atoms with van der Waals surface area (Å²) in [5.41, 5.74) is 5.15. The Bertz CT molecular complexity index is 628. The second-order valence-electron chi connectivity index (χ2n) is 5.69. The Morgan fingerprint density at radius 3 is 2.50 bits per heavy atom. The monoisotopic (exact) mass is 269 g/mol. The minimum atomic E-state index is 1.04. The summed E-state index contributed by atoms with van der Waals surface area (Å²) in [6.07, 6.45) is 1.04. The summed E-state index contributed by atoms with van der Waals surface area (Å²) in [6, 6.07) is 6.81. The minimum Gasteiger partial charge on any atom is -0.354 e. The number of nitrogens with zero attached hydrogens (tertiary/aromatic N) is 2. The Morgan fingerprint density at radius 2 is 1.80 bits per heavy atom. The number of fused-ring (bicyclic) bond motifs is 1. The van der Waals surface area contributed by atoms with E-state index in [1.54, 1.807) is 0 Å². The van der Waals surface area contributed by atoms with Crippen LogP contribution in [0, 0.1) is 13.8 Å². The Morgan fingerprint density at radius 1 is 1.10 bits per heavy atom. The first kappa shape index (κ1) is 13.4. The van der Waals surface area contributed by atoms with Crippen molar-refractivity contribution in [1.82, 2.24) is 10.3 Å². The van der Waals surface area contributed by atoms with Crippen molar-refractivity contribution in [3.63, 3.8) is 0 Å². The zero-order valence-corrected chi connectivity index (χ0v) is 12.7. The Balaban J connectivity index is 2.12. The molecule has 1 fully saturated rings. The van der Waals surface area contributed by atoms with E-state index < -0.39 is 0 Å². The Hall–Kier alpha value is -1.61. The number of aryl methyl sites for hydroxylation is 3. The number of piperazine rings is 1. The smallest absolute Gasteiger partial charge is 0.132 e. The molecule has 1 aliphatic heterocycles. The van der Waals surface area contributed by atoms with Gasteiger partial charge in [0.1, 0.15) is 5.82 Å². The van der Waals surface area contributed by atoms with E-state index >= 15 is 0 Å². The molecule has 1 N–H and O–H groups in total. The van der Waals surface area contributed by atoms with Crippen LogP contribution in [-0.2, 0) is 6.42 Å². The number of aromatic nitrogens is 1. The molecule has 3 heteroatoms. The molecule has 1 saturated heterocycles. The Kier molecular flexibility index (Phi) is 3.62. The molecule has 3 rings (SSSR count). The summed E-state index contributed by atoms with van der Waals surface area (Å²) in [5.74, 6) is 1.18. The van der Waals surface area contributed by atoms with Crippen LogP contribution in [-0.4, -0.2) is 31.2 Å². The summed E-state index contributed by atoms with van der Waals surface area (Å²) >= 11 is 0. The fourth-order valence-corrected chi connectivity index (χ4v) is 2.88. The van der Waals surface area contributed by atoms with Crippen LogP contribution in [0.15, 0.2) is 18.2 Å². The van der Waals surface area contributed by atoms with Gasteiger partial charge in [0, 0.05) is 31.6 Å². The zero-order chi connectivity index (χ0) is 14.1. The van der Waals surface area contributed by atoms with Crippen LogP contribution in [0.1, 0.15) is 23.6 Å². The molecule has 0 unspecified atom stereocenters. The molecule has 0 bridgehead atoms. The second-order valence-corrected chi connectivity index (χ2v) is 5.69. The van der Waals surface area contributed by atoms with Gasteiger partial charge in [0.05, 0.1) is 5.52 Å². The topological polar surface area (TPSA) is 28.2 Å². The van der Waals surface area contributed by atoms with Crippen molar-refractivity contribution in [2.45, 2.75) is 27.2 Å². The van der Waals surface area contributed by atoms with E-state index in [1.807, 2.05) is 0 Å². The van der Waals surface area contributed by atoms with Crippen LogP contribution in [0.4, 0.5) is 5.82 Å². The van der Waals surface area contributed by atoms with Crippen molar-refractivity contribution in [2.24, 2.45) is 0 Å². The van der Waals surface area contributed by atoms with Gasteiger partial charge in [-0.3, -0.25) is 0 Å². The molecular weight excluding hydrogens is 246 g/mol. The highest BCUT2D eigenvalue weighted by molar-refractivity contribution is 5.83. The summed E-state index contributed by atoms with van der Waals surface area (Å²) in [7, 11) is 0. The highest BCUT2D eigenvalue weighted by Gasteiger charge is 2.16. The standard InChI is InChI=1S/C17H23N3/c1-4-14-11-15-9-12(2)13(3)10-16(15)19-17(14)20-7-5-18-6-8-20/h9-11,18H,4-8H2,1-3H3. The van der Waals surface area contributed by atoms with Gasteiger partial charge in [-0.05, 0) is 55.2 Å². The zero-order valence-electron chi connectivity index (χ0n) is 12.7. The van der Waals surface area contributed by atoms with E-state index in [0.717, 1.165) is 38.1 Å². The fraction of sp³-hybridized carbons (Fsp3) is 0.471. The van der Waals surface area contributed by atoms with Crippen molar-refractivity contribution >= 4 is 16.7 Å². The lowest BCUT2D eigenvalue weighted by molar-refractivity contribution is 0.584. The summed E-state index contributed by atoms with van der Waals surface area (Å²) < 4.78 is 0. The molecule has 0 saturated carbocycles. The lowest BCUT2D eigenvalue weighted by atomic mass is 10.0. The third-order valence-electron chi connectivity index (χ3n) is 4.28. The molecule has 0 aliphatic carbocycles. The van der Waals surface area contributed by atoms with Gasteiger partial charge in [-0.25, -0.2) is 4.98 Å². The molecule has 2 aromatic rings. The maximum absolute atomic E-state index is 4.97. The first-order chi connectivity index (χ1) is 9.69. The van der Waals surface area contributed by atoms with Gasteiger partial charge in [0.2, 0.25) is 0 Å². The first-order valence-electron chi connectivity index (χ1n) is 7.55. The van der Waals surface area contributed by atoms with Crippen molar-refractivity contribution in [3.8, 4) is 0 Å². The summed E-state index contributed by atoms with van der Waals surface area (Å²) in [5, 5.41) is 4.67. The van der Waals surface area contributed by atoms with Gasteiger partial charge < -0.3 is 10.2 Å². The number of hydrogen-bond donors (Lipinski definition) is 1. The number of anilines is 1. The van der Waals surface area contributed by atoms with Crippen LogP contribution < -0.4 is 10.2 Å². The maximum Gasteiger partial charge on any atom is 0.132 e. The largest absolute Gasteiger partial charge is 0.354 e. The highest BCUT2D eigenvalue weighted by atomic mass is 15.2. The third kappa shape index (κ3) is 2.38. The average Bonchev–Trinajstić information content (AvgIpc) is 2.48. The summed E-state index contributed by atoms with van der Waals surface area (Å²) in [4.78, 5) is 7.39. The van der Waals surface area contributed by atoms with Crippen molar-refractivity contribution < 1.29 is 0 Å². The maximum atomic E-state index is 4.97. The van der Waals surface area contributed by atoms with E-state index in [0.29, 0.717) is 0 Å². The summed E-state index contributed by atoms with van der Waals surface area (Å²) in [6.45, 7) is 10.8. The van der Waals surface area contributed by atoms with Gasteiger partial charge >= 0.3 is 0 Å². The third-order valence-corrected chi connectivity index (χ3v) is 4.28. The van der Waals surface area contributed by atoms with Gasteiger partial charge in [-0.2, -0.15) is 0 Å². The number of rotatable bonds is 2. The number of hydrogen-bond acceptors (Lipinski definition) is 3. The van der Waals surface area contributed by atoms with Gasteiger partial charge in [-0.1, -0.05) is 6.92 Å². The van der Waals surface area contributed by atoms with Gasteiger partial charge in [0.15, 0.2) is 0 Å². The van der Waals surface area contributed by atoms with E-state index in [-0.39, 0.29) is 0 Å². The van der Waals surface area contributed by atoms with Gasteiger partial charge in [0.25, 0.3) is 0 Å². The second kappa shape index (κ2) is 5.41. The molecule has 0 atom stereocenters. The van der Waals surface area contributed by atoms with Crippen LogP contribution in [0.2, 0.25) is 0 Å². The van der Waals surface area contributed by atoms with Crippen molar-refractivity contribution in [3.05, 3.63) is 34.9 Å². The predicted molar refractivity (Wildman–Crippen MR) is 85.7 cm³/mol. The number of benzene rings is 1. The Labute approximate surface area is 121 Å². The number of nitrogens with one attached hydrogen (secondary N) is 1. The fourth-order valence-electron chi connectivity index (χ4n) is 2.88. The molecule has 1 aliphatic rings. The molecular formula is C17H23N3. The molecule has 0 amide bonds. The van der Waals surface area contributed by atoms with Gasteiger partial charge in [-0.15, -0.1) is 0 Å². The molecule has 20 heavy (non-hydrogen) atoms. The van der Waals surface area contributed by atoms with E-state index in [1.165, 1.54) is 27.9 Å². The van der Waals surface area contributed by atoms with E-state index in [2.05, 4.69) is 49.2 Å². The SMILES string of the molecule is CCc1cc2cc(C)c(C)cc2nc1N1CCNCC1. The predicted octanol–water partition coefficient (Wildman–Crippen LogP) is 2.82. The van der Waals surface area contributed by atoms with Crippen molar-refractivity contribution in [2.75, 3.05) is 31.1 Å². The molecule has 3 nitrogen and oxygen atoms in total. The number of pyridine rings is 1. The first-order valence-corrected chi connectivity index (χ1v) is 7.55. The average molecular weight is 269 g/mol. The minimum absolute atomic E-state index is 1.04. The molecule has 1 aromatic heterocycles. The molecule has 1 aromatic carbocycles. The quantitative estimate of drug-likeness (QED) is 0.908. The lowest BCUT2D eigenvalue weighted by Crippen LogP contribution is -2.44. The van der Waals surface area contributed by atoms with Crippen molar-refractivity contribution in [1.29, 1.82) is 0 Å². The van der Waals surface area contributed by atoms with E-state index in [9.17, 15) is 0 Å². The van der Waals surface area contributed by atoms with Crippen LogP contribution in [0.3, 0.4) is 0 Å². The van der Waals surface area contributed by atoms with E-state index in [4.69, 9.17) is 4.98 Å². The molecule has 2 heterocycles. The van der Waals surface area contributed by atoms with Crippen LogP contribution in [0.5, 0.6) is 0 Å². The van der Waals surface area contributed by atoms with Crippen LogP contribution in [0.25, 0.3) is 10.9 Å². The highest BCUT2D eigenvalue weighted by Crippen LogP contribution is 2.26.